The van der Waals surface area contributed by atoms with E-state index in [1.807, 2.05) is 30.3 Å². The Morgan fingerprint density at radius 2 is 1.05 bits per heavy atom. The van der Waals surface area contributed by atoms with Crippen LogP contribution in [-0.4, -0.2) is 15.3 Å². The summed E-state index contributed by atoms with van der Waals surface area (Å²) < 4.78 is 0. The van der Waals surface area contributed by atoms with E-state index in [0.29, 0.717) is 5.75 Å². The van der Waals surface area contributed by atoms with Crippen LogP contribution in [0.5, 0.6) is 17.2 Å². The number of fused-ring (bicyclic) bond motifs is 1. The lowest BCUT2D eigenvalue weighted by Crippen LogP contribution is -1.69. The summed E-state index contributed by atoms with van der Waals surface area (Å²) >= 11 is 0. The maximum absolute atomic E-state index is 9.13. The van der Waals surface area contributed by atoms with Gasteiger partial charge in [-0.1, -0.05) is 42.5 Å². The average molecular weight is 254 g/mol. The molecule has 0 unspecified atom stereocenters. The topological polar surface area (TPSA) is 60.7 Å². The van der Waals surface area contributed by atoms with Crippen molar-refractivity contribution in [3.05, 3.63) is 66.7 Å². The summed E-state index contributed by atoms with van der Waals surface area (Å²) in [5, 5.41) is 28.7. The number of benzene rings is 3. The molecule has 0 saturated heterocycles. The Bertz CT molecular complexity index is 656. The van der Waals surface area contributed by atoms with E-state index in [-0.39, 0.29) is 11.5 Å². The lowest BCUT2D eigenvalue weighted by Gasteiger charge is -1.96. The van der Waals surface area contributed by atoms with Gasteiger partial charge < -0.3 is 15.3 Å². The van der Waals surface area contributed by atoms with Gasteiger partial charge in [0.25, 0.3) is 0 Å². The van der Waals surface area contributed by atoms with Crippen molar-refractivity contribution < 1.29 is 15.3 Å². The third kappa shape index (κ3) is 3.39. The number of aromatic hydroxyl groups is 3. The minimum Gasteiger partial charge on any atom is -0.508 e. The summed E-state index contributed by atoms with van der Waals surface area (Å²) in [6.07, 6.45) is 0. The van der Waals surface area contributed by atoms with E-state index < -0.39 is 0 Å². The molecule has 0 aliphatic rings. The maximum atomic E-state index is 9.13. The van der Waals surface area contributed by atoms with Gasteiger partial charge in [-0.25, -0.2) is 0 Å². The number of hydrogen-bond donors (Lipinski definition) is 3. The van der Waals surface area contributed by atoms with Crippen molar-refractivity contribution in [1.82, 2.24) is 0 Å². The van der Waals surface area contributed by atoms with Crippen molar-refractivity contribution in [3.63, 3.8) is 0 Å². The highest BCUT2D eigenvalue weighted by atomic mass is 16.3. The number of phenolic OH excluding ortho intramolecular Hbond substituents is 3. The van der Waals surface area contributed by atoms with Crippen LogP contribution in [-0.2, 0) is 0 Å². The van der Waals surface area contributed by atoms with Crippen molar-refractivity contribution in [3.8, 4) is 17.2 Å². The fourth-order valence-electron chi connectivity index (χ4n) is 1.64. The Morgan fingerprint density at radius 3 is 1.63 bits per heavy atom. The molecular weight excluding hydrogens is 240 g/mol. The van der Waals surface area contributed by atoms with E-state index in [4.69, 9.17) is 15.3 Å². The molecule has 3 N–H and O–H groups in total. The molecular formula is C16H14O3. The molecule has 96 valence electrons. The molecule has 0 atom stereocenters. The Morgan fingerprint density at radius 1 is 0.526 bits per heavy atom. The first-order chi connectivity index (χ1) is 9.16. The second-order valence-corrected chi connectivity index (χ2v) is 4.02. The van der Waals surface area contributed by atoms with Gasteiger partial charge in [-0.3, -0.25) is 0 Å². The molecule has 3 heteroatoms. The van der Waals surface area contributed by atoms with E-state index in [1.54, 1.807) is 24.3 Å². The Balaban J connectivity index is 0.000000148. The third-order valence-electron chi connectivity index (χ3n) is 2.61. The molecule has 0 spiro atoms. The summed E-state index contributed by atoms with van der Waals surface area (Å²) in [4.78, 5) is 0. The first-order valence-electron chi connectivity index (χ1n) is 5.81. The van der Waals surface area contributed by atoms with Gasteiger partial charge in [0.05, 0.1) is 0 Å². The highest BCUT2D eigenvalue weighted by molar-refractivity contribution is 5.83. The first-order valence-corrected chi connectivity index (χ1v) is 5.81. The van der Waals surface area contributed by atoms with Gasteiger partial charge in [-0.15, -0.1) is 0 Å². The molecule has 0 aliphatic heterocycles. The van der Waals surface area contributed by atoms with Gasteiger partial charge in [-0.2, -0.15) is 0 Å². The van der Waals surface area contributed by atoms with Crippen LogP contribution in [0.1, 0.15) is 0 Å². The molecule has 0 heterocycles. The fourth-order valence-corrected chi connectivity index (χ4v) is 1.64. The first kappa shape index (κ1) is 12.8. The predicted molar refractivity (Wildman–Crippen MR) is 75.4 cm³/mol. The molecule has 3 rings (SSSR count). The van der Waals surface area contributed by atoms with Crippen LogP contribution < -0.4 is 0 Å². The minimum atomic E-state index is -0.0764. The van der Waals surface area contributed by atoms with Gasteiger partial charge in [0.1, 0.15) is 5.75 Å². The maximum Gasteiger partial charge on any atom is 0.157 e. The summed E-state index contributed by atoms with van der Waals surface area (Å²) in [5.74, 6) is 0.170. The van der Waals surface area contributed by atoms with Gasteiger partial charge in [0.2, 0.25) is 0 Å². The smallest absolute Gasteiger partial charge is 0.157 e. The number of para-hydroxylation sites is 2. The molecule has 0 radical (unpaired) electrons. The van der Waals surface area contributed by atoms with Crippen LogP contribution in [0.2, 0.25) is 0 Å². The van der Waals surface area contributed by atoms with Gasteiger partial charge in [0.15, 0.2) is 11.5 Å². The zero-order valence-electron chi connectivity index (χ0n) is 10.2. The van der Waals surface area contributed by atoms with E-state index in [9.17, 15) is 0 Å². The van der Waals surface area contributed by atoms with Gasteiger partial charge in [-0.05, 0) is 35.0 Å². The number of rotatable bonds is 0. The molecule has 0 amide bonds. The predicted octanol–water partition coefficient (Wildman–Crippen LogP) is 3.64. The Labute approximate surface area is 111 Å². The van der Waals surface area contributed by atoms with E-state index in [2.05, 4.69) is 0 Å². The largest absolute Gasteiger partial charge is 0.508 e. The van der Waals surface area contributed by atoms with E-state index in [1.165, 1.54) is 12.1 Å². The lowest BCUT2D eigenvalue weighted by molar-refractivity contribution is 0.404. The fraction of sp³-hybridized carbons (Fsp3) is 0. The molecule has 0 fully saturated rings. The van der Waals surface area contributed by atoms with Crippen molar-refractivity contribution in [2.75, 3.05) is 0 Å². The summed E-state index contributed by atoms with van der Waals surface area (Å²) in [5.41, 5.74) is 0. The summed E-state index contributed by atoms with van der Waals surface area (Å²) in [7, 11) is 0. The second-order valence-electron chi connectivity index (χ2n) is 4.02. The Hall–Kier alpha value is -2.68. The van der Waals surface area contributed by atoms with Crippen molar-refractivity contribution in [2.24, 2.45) is 0 Å². The van der Waals surface area contributed by atoms with Crippen LogP contribution >= 0.6 is 0 Å². The van der Waals surface area contributed by atoms with Crippen molar-refractivity contribution in [2.45, 2.75) is 0 Å². The quantitative estimate of drug-likeness (QED) is 0.537. The average Bonchev–Trinajstić information content (AvgIpc) is 2.43. The molecule has 3 nitrogen and oxygen atoms in total. The van der Waals surface area contributed by atoms with Crippen LogP contribution in [0.15, 0.2) is 66.7 Å². The zero-order valence-corrected chi connectivity index (χ0v) is 10.2. The molecule has 3 aromatic rings. The summed E-state index contributed by atoms with van der Waals surface area (Å²) in [6, 6.07) is 19.5. The van der Waals surface area contributed by atoms with Crippen LogP contribution in [0.4, 0.5) is 0 Å². The van der Waals surface area contributed by atoms with Crippen LogP contribution in [0.3, 0.4) is 0 Å². The highest BCUT2D eigenvalue weighted by Gasteiger charge is 1.91. The zero-order chi connectivity index (χ0) is 13.7. The SMILES string of the molecule is Oc1ccc2ccccc2c1.Oc1ccccc1O. The molecule has 0 aromatic heterocycles. The van der Waals surface area contributed by atoms with Crippen molar-refractivity contribution in [1.29, 1.82) is 0 Å². The van der Waals surface area contributed by atoms with Crippen LogP contribution in [0.25, 0.3) is 10.8 Å². The Kier molecular flexibility index (Phi) is 3.88. The second kappa shape index (κ2) is 5.78. The third-order valence-corrected chi connectivity index (χ3v) is 2.61. The number of phenols is 3. The monoisotopic (exact) mass is 254 g/mol. The standard InChI is InChI=1S/C10H8O.C6H6O2/c11-10-6-5-8-3-1-2-4-9(8)7-10;7-5-3-1-2-4-6(5)8/h1-7,11H;1-4,7-8H. The highest BCUT2D eigenvalue weighted by Crippen LogP contribution is 2.21. The van der Waals surface area contributed by atoms with Crippen LogP contribution in [0, 0.1) is 0 Å². The van der Waals surface area contributed by atoms with Gasteiger partial charge in [0, 0.05) is 0 Å². The van der Waals surface area contributed by atoms with E-state index >= 15 is 0 Å². The number of hydrogen-bond acceptors (Lipinski definition) is 3. The molecule has 19 heavy (non-hydrogen) atoms. The molecule has 0 bridgehead atoms. The molecule has 0 saturated carbocycles. The lowest BCUT2D eigenvalue weighted by atomic mass is 10.1. The minimum absolute atomic E-state index is 0.0764. The normalized spacial score (nSPS) is 9.68. The van der Waals surface area contributed by atoms with Gasteiger partial charge >= 0.3 is 0 Å². The molecule has 0 aliphatic carbocycles. The van der Waals surface area contributed by atoms with E-state index in [0.717, 1.165) is 10.8 Å². The summed E-state index contributed by atoms with van der Waals surface area (Å²) in [6.45, 7) is 0. The molecule has 3 aromatic carbocycles. The van der Waals surface area contributed by atoms with Crippen molar-refractivity contribution >= 4 is 10.8 Å².